The molecule has 11 nitrogen and oxygen atoms in total. The van der Waals surface area contributed by atoms with Gasteiger partial charge in [-0.2, -0.15) is 0 Å². The number of amides is 4. The second-order valence-corrected chi connectivity index (χ2v) is 10.5. The quantitative estimate of drug-likeness (QED) is 0.185. The molecule has 0 aliphatic carbocycles. The van der Waals surface area contributed by atoms with Gasteiger partial charge in [-0.05, 0) is 37.3 Å². The van der Waals surface area contributed by atoms with Crippen LogP contribution in [0, 0.1) is 5.92 Å². The van der Waals surface area contributed by atoms with Crippen molar-refractivity contribution in [1.82, 2.24) is 21.3 Å². The molecule has 2 rings (SSSR count). The lowest BCUT2D eigenvalue weighted by Gasteiger charge is -2.27. The first kappa shape index (κ1) is 33.0. The molecular formula is C30H41N5O6. The van der Waals surface area contributed by atoms with Crippen LogP contribution in [-0.2, 0) is 36.8 Å². The van der Waals surface area contributed by atoms with Crippen molar-refractivity contribution >= 4 is 29.6 Å². The van der Waals surface area contributed by atoms with Gasteiger partial charge in [-0.25, -0.2) is 0 Å². The molecule has 4 amide bonds. The number of aliphatic carboxylic acids is 1. The molecule has 0 radical (unpaired) electrons. The number of nitrogens with two attached hydrogens (primary N) is 1. The fourth-order valence-corrected chi connectivity index (χ4v) is 4.04. The summed E-state index contributed by atoms with van der Waals surface area (Å²) in [5.41, 5.74) is 7.26. The molecule has 0 fully saturated rings. The van der Waals surface area contributed by atoms with E-state index in [9.17, 15) is 29.1 Å². The molecule has 41 heavy (non-hydrogen) atoms. The summed E-state index contributed by atoms with van der Waals surface area (Å²) in [6.07, 6.45) is 0.531. The van der Waals surface area contributed by atoms with Gasteiger partial charge in [-0.15, -0.1) is 0 Å². The summed E-state index contributed by atoms with van der Waals surface area (Å²) in [7, 11) is 0. The molecule has 222 valence electrons. The molecular weight excluding hydrogens is 526 g/mol. The Morgan fingerprint density at radius 3 is 1.44 bits per heavy atom. The zero-order chi connectivity index (χ0) is 30.5. The molecule has 0 unspecified atom stereocenters. The van der Waals surface area contributed by atoms with Crippen LogP contribution >= 0.6 is 0 Å². The standard InChI is InChI=1S/C30H41N5O6/c1-18(2)15-23(34-29(39)25(33-26(36)19(3)31)17-22-13-9-6-10-14-22)28(38)35-24(16-21-11-7-5-8-12-21)27(37)32-20(4)30(40)41/h5-14,18-20,23-25H,15-17,31H2,1-4H3,(H,32,37)(H,33,36)(H,34,39)(H,35,38)(H,40,41)/t19-,20-,23-,24-,25-/m0/s1. The van der Waals surface area contributed by atoms with Crippen molar-refractivity contribution in [3.63, 3.8) is 0 Å². The highest BCUT2D eigenvalue weighted by Crippen LogP contribution is 2.10. The Kier molecular flexibility index (Phi) is 13.0. The predicted octanol–water partition coefficient (Wildman–Crippen LogP) is 0.909. The van der Waals surface area contributed by atoms with Crippen LogP contribution in [0.25, 0.3) is 0 Å². The maximum Gasteiger partial charge on any atom is 0.325 e. The van der Waals surface area contributed by atoms with Gasteiger partial charge in [0.2, 0.25) is 23.6 Å². The SMILES string of the molecule is CC(C)C[C@H](NC(=O)[C@H](Cc1ccccc1)NC(=O)[C@H](C)N)C(=O)N[C@@H](Cc1ccccc1)C(=O)N[C@@H](C)C(=O)O. The third-order valence-electron chi connectivity index (χ3n) is 6.31. The number of hydrogen-bond acceptors (Lipinski definition) is 6. The van der Waals surface area contributed by atoms with Gasteiger partial charge in [0.05, 0.1) is 6.04 Å². The molecule has 7 N–H and O–H groups in total. The molecule has 0 aromatic heterocycles. The van der Waals surface area contributed by atoms with Gasteiger partial charge < -0.3 is 32.1 Å². The fourth-order valence-electron chi connectivity index (χ4n) is 4.04. The first-order valence-electron chi connectivity index (χ1n) is 13.6. The van der Waals surface area contributed by atoms with Crippen molar-refractivity contribution < 1.29 is 29.1 Å². The van der Waals surface area contributed by atoms with Crippen LogP contribution in [-0.4, -0.2) is 64.9 Å². The summed E-state index contributed by atoms with van der Waals surface area (Å²) in [6.45, 7) is 6.60. The van der Waals surface area contributed by atoms with E-state index in [1.165, 1.54) is 13.8 Å². The van der Waals surface area contributed by atoms with Crippen molar-refractivity contribution in [2.45, 2.75) is 77.2 Å². The number of carbonyl (C=O) groups is 5. The Hall–Kier alpha value is -4.25. The van der Waals surface area contributed by atoms with Crippen LogP contribution in [0.3, 0.4) is 0 Å². The number of carboxylic acids is 1. The molecule has 11 heteroatoms. The summed E-state index contributed by atoms with van der Waals surface area (Å²) < 4.78 is 0. The van der Waals surface area contributed by atoms with Gasteiger partial charge in [-0.1, -0.05) is 74.5 Å². The highest BCUT2D eigenvalue weighted by atomic mass is 16.4. The van der Waals surface area contributed by atoms with Crippen molar-refractivity contribution in [2.75, 3.05) is 0 Å². The van der Waals surface area contributed by atoms with Gasteiger partial charge in [0.25, 0.3) is 0 Å². The summed E-state index contributed by atoms with van der Waals surface area (Å²) in [5.74, 6) is -3.59. The molecule has 0 spiro atoms. The lowest BCUT2D eigenvalue weighted by molar-refractivity contribution is -0.141. The third-order valence-corrected chi connectivity index (χ3v) is 6.31. The number of carbonyl (C=O) groups excluding carboxylic acids is 4. The van der Waals surface area contributed by atoms with Crippen LogP contribution in [0.2, 0.25) is 0 Å². The zero-order valence-electron chi connectivity index (χ0n) is 23.9. The first-order chi connectivity index (χ1) is 19.4. The second kappa shape index (κ2) is 16.1. The van der Waals surface area contributed by atoms with Crippen LogP contribution in [0.15, 0.2) is 60.7 Å². The van der Waals surface area contributed by atoms with Gasteiger partial charge in [0.15, 0.2) is 0 Å². The van der Waals surface area contributed by atoms with Gasteiger partial charge in [0, 0.05) is 12.8 Å². The summed E-state index contributed by atoms with van der Waals surface area (Å²) in [4.78, 5) is 63.7. The predicted molar refractivity (Wildman–Crippen MR) is 154 cm³/mol. The minimum Gasteiger partial charge on any atom is -0.480 e. The van der Waals surface area contributed by atoms with E-state index in [-0.39, 0.29) is 25.2 Å². The minimum atomic E-state index is -1.22. The molecule has 0 heterocycles. The Morgan fingerprint density at radius 2 is 1.02 bits per heavy atom. The Balaban J connectivity index is 2.27. The molecule has 5 atom stereocenters. The van der Waals surface area contributed by atoms with Gasteiger partial charge >= 0.3 is 5.97 Å². The van der Waals surface area contributed by atoms with E-state index < -0.39 is 59.8 Å². The largest absolute Gasteiger partial charge is 0.480 e. The van der Waals surface area contributed by atoms with Crippen LogP contribution in [0.5, 0.6) is 0 Å². The monoisotopic (exact) mass is 567 g/mol. The molecule has 0 aliphatic heterocycles. The smallest absolute Gasteiger partial charge is 0.325 e. The number of rotatable bonds is 15. The lowest BCUT2D eigenvalue weighted by Crippen LogP contribution is -2.59. The molecule has 0 bridgehead atoms. The maximum atomic E-state index is 13.5. The third kappa shape index (κ3) is 11.4. The van der Waals surface area contributed by atoms with Gasteiger partial charge in [-0.3, -0.25) is 24.0 Å². The first-order valence-corrected chi connectivity index (χ1v) is 13.6. The molecule has 2 aromatic rings. The molecule has 0 aliphatic rings. The Bertz CT molecular complexity index is 1170. The Labute approximate surface area is 240 Å². The summed E-state index contributed by atoms with van der Waals surface area (Å²) in [5, 5.41) is 19.7. The topological polar surface area (TPSA) is 180 Å². The van der Waals surface area contributed by atoms with E-state index in [0.717, 1.165) is 11.1 Å². The molecule has 0 saturated heterocycles. The number of nitrogens with one attached hydrogen (secondary N) is 4. The van der Waals surface area contributed by atoms with E-state index in [4.69, 9.17) is 5.73 Å². The van der Waals surface area contributed by atoms with Crippen LogP contribution in [0.1, 0.15) is 45.2 Å². The van der Waals surface area contributed by atoms with E-state index in [1.807, 2.05) is 50.2 Å². The number of hydrogen-bond donors (Lipinski definition) is 6. The van der Waals surface area contributed by atoms with E-state index in [2.05, 4.69) is 21.3 Å². The normalized spacial score (nSPS) is 14.6. The summed E-state index contributed by atoms with van der Waals surface area (Å²) >= 11 is 0. The zero-order valence-corrected chi connectivity index (χ0v) is 23.9. The fraction of sp³-hybridized carbons (Fsp3) is 0.433. The van der Waals surface area contributed by atoms with Crippen molar-refractivity contribution in [2.24, 2.45) is 11.7 Å². The van der Waals surface area contributed by atoms with Crippen LogP contribution in [0.4, 0.5) is 0 Å². The number of benzene rings is 2. The average Bonchev–Trinajstić information content (AvgIpc) is 2.92. The highest BCUT2D eigenvalue weighted by molar-refractivity contribution is 5.95. The Morgan fingerprint density at radius 1 is 0.634 bits per heavy atom. The minimum absolute atomic E-state index is 0.00860. The van der Waals surface area contributed by atoms with E-state index in [1.54, 1.807) is 24.3 Å². The van der Waals surface area contributed by atoms with Crippen molar-refractivity contribution in [3.05, 3.63) is 71.8 Å². The van der Waals surface area contributed by atoms with E-state index in [0.29, 0.717) is 0 Å². The van der Waals surface area contributed by atoms with E-state index >= 15 is 0 Å². The average molecular weight is 568 g/mol. The maximum absolute atomic E-state index is 13.5. The highest BCUT2D eigenvalue weighted by Gasteiger charge is 2.31. The van der Waals surface area contributed by atoms with Crippen molar-refractivity contribution in [1.29, 1.82) is 0 Å². The number of carboxylic acid groups (broad SMARTS) is 1. The molecule has 0 saturated carbocycles. The second-order valence-electron chi connectivity index (χ2n) is 10.5. The summed E-state index contributed by atoms with van der Waals surface area (Å²) in [6, 6.07) is 12.9. The lowest BCUT2D eigenvalue weighted by atomic mass is 9.99. The van der Waals surface area contributed by atoms with Crippen molar-refractivity contribution in [3.8, 4) is 0 Å². The molecule has 2 aromatic carbocycles. The van der Waals surface area contributed by atoms with Gasteiger partial charge in [0.1, 0.15) is 24.2 Å². The van der Waals surface area contributed by atoms with Crippen LogP contribution < -0.4 is 27.0 Å².